The number of Topliss-reactive ketones (excluding diaryl/α,β-unsaturated/α-hetero) is 2. The number of anilines is 1. The summed E-state index contributed by atoms with van der Waals surface area (Å²) in [7, 11) is 1.62. The molecule has 1 aromatic rings. The van der Waals surface area contributed by atoms with Crippen molar-refractivity contribution in [2.24, 2.45) is 0 Å². The number of carbonyl (C=O) groups is 3. The topological polar surface area (TPSA) is 80.5 Å². The standard InChI is InChI=1S/C15H18N2O3/c1-17(13-6-5-12(18)9-14(13)19)15(20)8-10-3-2-4-11(16)7-10/h2-4,7,13H,5-6,8-9,16H2,1H3. The van der Waals surface area contributed by atoms with E-state index in [1.807, 2.05) is 6.07 Å². The minimum atomic E-state index is -0.471. The van der Waals surface area contributed by atoms with E-state index in [9.17, 15) is 14.4 Å². The number of carbonyl (C=O) groups excluding carboxylic acids is 3. The van der Waals surface area contributed by atoms with E-state index in [1.54, 1.807) is 25.2 Å². The number of hydrogen-bond acceptors (Lipinski definition) is 4. The second-order valence-corrected chi connectivity index (χ2v) is 5.16. The highest BCUT2D eigenvalue weighted by Gasteiger charge is 2.32. The van der Waals surface area contributed by atoms with Gasteiger partial charge in [0, 0.05) is 19.2 Å². The Labute approximate surface area is 117 Å². The first-order valence-corrected chi connectivity index (χ1v) is 6.62. The molecule has 0 bridgehead atoms. The number of nitrogen functional groups attached to an aromatic ring is 1. The van der Waals surface area contributed by atoms with Gasteiger partial charge in [-0.3, -0.25) is 14.4 Å². The minimum Gasteiger partial charge on any atom is -0.399 e. The number of likely N-dealkylation sites (N-methyl/N-ethyl adjacent to an activating group) is 1. The number of hydrogen-bond donors (Lipinski definition) is 1. The highest BCUT2D eigenvalue weighted by molar-refractivity contribution is 6.05. The molecule has 2 N–H and O–H groups in total. The zero-order chi connectivity index (χ0) is 14.7. The molecule has 0 aromatic heterocycles. The molecule has 106 valence electrons. The van der Waals surface area contributed by atoms with Crippen LogP contribution in [0.25, 0.3) is 0 Å². The van der Waals surface area contributed by atoms with Crippen LogP contribution in [-0.4, -0.2) is 35.5 Å². The van der Waals surface area contributed by atoms with Gasteiger partial charge in [0.1, 0.15) is 5.78 Å². The number of amides is 1. The van der Waals surface area contributed by atoms with E-state index in [0.29, 0.717) is 18.5 Å². The lowest BCUT2D eigenvalue weighted by Gasteiger charge is -2.29. The first-order valence-electron chi connectivity index (χ1n) is 6.62. The zero-order valence-corrected chi connectivity index (χ0v) is 11.5. The largest absolute Gasteiger partial charge is 0.399 e. The van der Waals surface area contributed by atoms with E-state index < -0.39 is 6.04 Å². The summed E-state index contributed by atoms with van der Waals surface area (Å²) in [6.07, 6.45) is 0.947. The Bertz CT molecular complexity index is 554. The van der Waals surface area contributed by atoms with Gasteiger partial charge in [-0.05, 0) is 24.1 Å². The Morgan fingerprint density at radius 3 is 2.80 bits per heavy atom. The van der Waals surface area contributed by atoms with Crippen molar-refractivity contribution in [2.75, 3.05) is 12.8 Å². The van der Waals surface area contributed by atoms with E-state index in [2.05, 4.69) is 0 Å². The van der Waals surface area contributed by atoms with Gasteiger partial charge in [-0.1, -0.05) is 12.1 Å². The summed E-state index contributed by atoms with van der Waals surface area (Å²) in [6.45, 7) is 0. The van der Waals surface area contributed by atoms with Gasteiger partial charge in [-0.25, -0.2) is 0 Å². The number of ketones is 2. The monoisotopic (exact) mass is 274 g/mol. The van der Waals surface area contributed by atoms with Gasteiger partial charge in [0.15, 0.2) is 5.78 Å². The summed E-state index contributed by atoms with van der Waals surface area (Å²) in [4.78, 5) is 36.7. The number of rotatable bonds is 3. The van der Waals surface area contributed by atoms with Crippen LogP contribution in [0.1, 0.15) is 24.8 Å². The van der Waals surface area contributed by atoms with E-state index in [4.69, 9.17) is 5.73 Å². The zero-order valence-electron chi connectivity index (χ0n) is 11.5. The Morgan fingerprint density at radius 1 is 1.40 bits per heavy atom. The number of nitrogens with two attached hydrogens (primary N) is 1. The van der Waals surface area contributed by atoms with Crippen LogP contribution in [-0.2, 0) is 20.8 Å². The Balaban J connectivity index is 2.02. The van der Waals surface area contributed by atoms with Crippen molar-refractivity contribution in [2.45, 2.75) is 31.7 Å². The quantitative estimate of drug-likeness (QED) is 0.657. The smallest absolute Gasteiger partial charge is 0.227 e. The van der Waals surface area contributed by atoms with Crippen LogP contribution < -0.4 is 5.73 Å². The van der Waals surface area contributed by atoms with Gasteiger partial charge in [0.25, 0.3) is 0 Å². The van der Waals surface area contributed by atoms with Crippen LogP contribution in [0, 0.1) is 0 Å². The van der Waals surface area contributed by atoms with Crippen LogP contribution in [0.2, 0.25) is 0 Å². The average Bonchev–Trinajstić information content (AvgIpc) is 2.38. The molecular weight excluding hydrogens is 256 g/mol. The molecule has 0 radical (unpaired) electrons. The Kier molecular flexibility index (Phi) is 4.17. The lowest BCUT2D eigenvalue weighted by atomic mass is 9.92. The maximum atomic E-state index is 12.2. The van der Waals surface area contributed by atoms with Crippen molar-refractivity contribution in [1.29, 1.82) is 0 Å². The molecule has 1 unspecified atom stereocenters. The summed E-state index contributed by atoms with van der Waals surface area (Å²) in [6, 6.07) is 6.66. The number of nitrogens with zero attached hydrogens (tertiary/aromatic N) is 1. The summed E-state index contributed by atoms with van der Waals surface area (Å²) in [5.41, 5.74) is 7.10. The van der Waals surface area contributed by atoms with Crippen molar-refractivity contribution >= 4 is 23.2 Å². The predicted octanol–water partition coefficient (Wildman–Crippen LogP) is 0.960. The fourth-order valence-electron chi connectivity index (χ4n) is 2.45. The SMILES string of the molecule is CN(C(=O)Cc1cccc(N)c1)C1CCC(=O)CC1=O. The van der Waals surface area contributed by atoms with E-state index >= 15 is 0 Å². The molecule has 2 rings (SSSR count). The average molecular weight is 274 g/mol. The van der Waals surface area contributed by atoms with Gasteiger partial charge >= 0.3 is 0 Å². The Hall–Kier alpha value is -2.17. The minimum absolute atomic E-state index is 0.0390. The second kappa shape index (κ2) is 5.86. The molecule has 0 aliphatic heterocycles. The van der Waals surface area contributed by atoms with E-state index in [1.165, 1.54) is 4.90 Å². The third kappa shape index (κ3) is 3.23. The van der Waals surface area contributed by atoms with Gasteiger partial charge in [-0.15, -0.1) is 0 Å². The fourth-order valence-corrected chi connectivity index (χ4v) is 2.45. The molecular formula is C15H18N2O3. The molecule has 1 aliphatic rings. The predicted molar refractivity (Wildman–Crippen MR) is 75.0 cm³/mol. The maximum Gasteiger partial charge on any atom is 0.227 e. The van der Waals surface area contributed by atoms with Gasteiger partial charge < -0.3 is 10.6 Å². The molecule has 0 heterocycles. The molecule has 0 spiro atoms. The molecule has 5 nitrogen and oxygen atoms in total. The molecule has 1 aliphatic carbocycles. The second-order valence-electron chi connectivity index (χ2n) is 5.16. The molecule has 1 atom stereocenters. The molecule has 1 amide bonds. The molecule has 1 aromatic carbocycles. The van der Waals surface area contributed by atoms with E-state index in [-0.39, 0.29) is 30.3 Å². The lowest BCUT2D eigenvalue weighted by molar-refractivity contribution is -0.141. The number of benzene rings is 1. The van der Waals surface area contributed by atoms with Crippen molar-refractivity contribution in [3.05, 3.63) is 29.8 Å². The van der Waals surface area contributed by atoms with Crippen LogP contribution in [0.15, 0.2) is 24.3 Å². The summed E-state index contributed by atoms with van der Waals surface area (Å²) < 4.78 is 0. The lowest BCUT2D eigenvalue weighted by Crippen LogP contribution is -2.46. The van der Waals surface area contributed by atoms with Crippen LogP contribution in [0.4, 0.5) is 5.69 Å². The molecule has 5 heteroatoms. The summed E-state index contributed by atoms with van der Waals surface area (Å²) >= 11 is 0. The van der Waals surface area contributed by atoms with Crippen molar-refractivity contribution in [3.63, 3.8) is 0 Å². The normalized spacial score (nSPS) is 18.9. The van der Waals surface area contributed by atoms with Gasteiger partial charge in [0.2, 0.25) is 5.91 Å². The van der Waals surface area contributed by atoms with E-state index in [0.717, 1.165) is 5.56 Å². The maximum absolute atomic E-state index is 12.2. The fraction of sp³-hybridized carbons (Fsp3) is 0.400. The van der Waals surface area contributed by atoms with Crippen LogP contribution in [0.5, 0.6) is 0 Å². The van der Waals surface area contributed by atoms with Crippen LogP contribution >= 0.6 is 0 Å². The first-order chi connectivity index (χ1) is 9.47. The Morgan fingerprint density at radius 2 is 2.15 bits per heavy atom. The van der Waals surface area contributed by atoms with Crippen LogP contribution in [0.3, 0.4) is 0 Å². The van der Waals surface area contributed by atoms with Crippen molar-refractivity contribution < 1.29 is 14.4 Å². The molecule has 1 fully saturated rings. The molecule has 1 saturated carbocycles. The van der Waals surface area contributed by atoms with Crippen molar-refractivity contribution in [3.8, 4) is 0 Å². The third-order valence-corrected chi connectivity index (χ3v) is 3.61. The van der Waals surface area contributed by atoms with Gasteiger partial charge in [-0.2, -0.15) is 0 Å². The van der Waals surface area contributed by atoms with Gasteiger partial charge in [0.05, 0.1) is 18.9 Å². The highest BCUT2D eigenvalue weighted by atomic mass is 16.2. The van der Waals surface area contributed by atoms with Crippen molar-refractivity contribution in [1.82, 2.24) is 4.90 Å². The highest BCUT2D eigenvalue weighted by Crippen LogP contribution is 2.18. The molecule has 0 saturated heterocycles. The summed E-state index contributed by atoms with van der Waals surface area (Å²) in [5, 5.41) is 0. The third-order valence-electron chi connectivity index (χ3n) is 3.61. The summed E-state index contributed by atoms with van der Waals surface area (Å²) in [5.74, 6) is -0.337. The molecule has 20 heavy (non-hydrogen) atoms. The first kappa shape index (κ1) is 14.2.